The third kappa shape index (κ3) is 7.11. The maximum atomic E-state index is 14.1. The number of halogens is 8. The van der Waals surface area contributed by atoms with Crippen LogP contribution in [-0.2, 0) is 27.3 Å². The summed E-state index contributed by atoms with van der Waals surface area (Å²) in [5, 5.41) is 0. The van der Waals surface area contributed by atoms with Crippen LogP contribution in [0.2, 0.25) is 0 Å². The molecule has 0 aliphatic carbocycles. The number of pyridine rings is 1. The minimum atomic E-state index is -5.07. The van der Waals surface area contributed by atoms with Gasteiger partial charge in [0.05, 0.1) is 47.7 Å². The van der Waals surface area contributed by atoms with Crippen LogP contribution in [0.3, 0.4) is 0 Å². The fourth-order valence-electron chi connectivity index (χ4n) is 5.94. The van der Waals surface area contributed by atoms with Gasteiger partial charge in [-0.1, -0.05) is 6.07 Å². The zero-order chi connectivity index (χ0) is 32.9. The highest BCUT2D eigenvalue weighted by atomic mass is 35.5. The lowest BCUT2D eigenvalue weighted by Crippen LogP contribution is -2.58. The second-order valence-corrected chi connectivity index (χ2v) is 12.0. The number of anilines is 2. The molecule has 6 nitrogen and oxygen atoms in total. The lowest BCUT2D eigenvalue weighted by molar-refractivity contribution is -0.143. The van der Waals surface area contributed by atoms with Crippen molar-refractivity contribution in [3.63, 3.8) is 0 Å². The second kappa shape index (κ2) is 13.0. The zero-order valence-corrected chi connectivity index (χ0v) is 26.4. The molecule has 46 heavy (non-hydrogen) atoms. The highest BCUT2D eigenvalue weighted by Gasteiger charge is 2.41. The van der Waals surface area contributed by atoms with Gasteiger partial charge in [-0.25, -0.2) is 9.37 Å². The van der Waals surface area contributed by atoms with E-state index >= 15 is 0 Å². The zero-order valence-electron chi connectivity index (χ0n) is 25.6. The molecule has 5 rings (SSSR count). The van der Waals surface area contributed by atoms with Crippen LogP contribution in [0.25, 0.3) is 11.1 Å². The summed E-state index contributed by atoms with van der Waals surface area (Å²) in [6.07, 6.45) is -8.68. The number of benzene rings is 2. The van der Waals surface area contributed by atoms with Crippen molar-refractivity contribution in [1.29, 1.82) is 0 Å². The Morgan fingerprint density at radius 1 is 0.913 bits per heavy atom. The number of carbonyl (C=O) groups is 1. The van der Waals surface area contributed by atoms with E-state index in [1.54, 1.807) is 19.1 Å². The van der Waals surface area contributed by atoms with E-state index in [1.807, 2.05) is 0 Å². The Morgan fingerprint density at radius 3 is 2.15 bits per heavy atom. The van der Waals surface area contributed by atoms with Gasteiger partial charge in [-0.3, -0.25) is 9.69 Å². The molecule has 250 valence electrons. The van der Waals surface area contributed by atoms with Crippen molar-refractivity contribution in [3.8, 4) is 11.1 Å². The molecule has 0 radical (unpaired) electrons. The Labute approximate surface area is 268 Å². The lowest BCUT2D eigenvalue weighted by atomic mass is 9.81. The van der Waals surface area contributed by atoms with Crippen LogP contribution >= 0.6 is 12.4 Å². The van der Waals surface area contributed by atoms with E-state index in [-0.39, 0.29) is 30.2 Å². The Balaban J connectivity index is 0.00000480. The summed E-state index contributed by atoms with van der Waals surface area (Å²) in [5.41, 5.74) is -3.36. The SMILES string of the molecule is Cc1cc(F)ccc1-c1cc(N2CCN3CCOCC3C2)ncc1N(C)C(=O)C(C)(C)c1cc(C(F)(F)F)cc(C(F)(F)F)c1.Cl. The molecule has 0 bridgehead atoms. The van der Waals surface area contributed by atoms with Crippen molar-refractivity contribution in [2.75, 3.05) is 56.2 Å². The highest BCUT2D eigenvalue weighted by Crippen LogP contribution is 2.41. The van der Waals surface area contributed by atoms with Crippen LogP contribution in [0, 0.1) is 12.7 Å². The van der Waals surface area contributed by atoms with Gasteiger partial charge in [0.1, 0.15) is 11.6 Å². The molecule has 2 aliphatic rings. The van der Waals surface area contributed by atoms with Gasteiger partial charge in [0, 0.05) is 38.8 Å². The topological polar surface area (TPSA) is 48.9 Å². The van der Waals surface area contributed by atoms with Crippen LogP contribution in [0.15, 0.2) is 48.7 Å². The van der Waals surface area contributed by atoms with Crippen molar-refractivity contribution < 1.29 is 40.3 Å². The number of nitrogens with zero attached hydrogens (tertiary/aromatic N) is 4. The first-order valence-electron chi connectivity index (χ1n) is 14.4. The van der Waals surface area contributed by atoms with E-state index in [2.05, 4.69) is 14.8 Å². The molecule has 1 amide bonds. The average Bonchev–Trinajstić information content (AvgIpc) is 2.98. The maximum absolute atomic E-state index is 14.1. The van der Waals surface area contributed by atoms with Gasteiger partial charge in [-0.05, 0) is 73.9 Å². The maximum Gasteiger partial charge on any atom is 0.416 e. The monoisotopic (exact) mass is 674 g/mol. The number of ether oxygens (including phenoxy) is 1. The molecule has 1 unspecified atom stereocenters. The third-order valence-electron chi connectivity index (χ3n) is 8.62. The van der Waals surface area contributed by atoms with Crippen LogP contribution in [0.4, 0.5) is 42.2 Å². The van der Waals surface area contributed by atoms with E-state index in [0.29, 0.717) is 60.9 Å². The molecule has 2 saturated heterocycles. The molecule has 1 aromatic heterocycles. The number of amides is 1. The van der Waals surface area contributed by atoms with Crippen molar-refractivity contribution in [3.05, 3.63) is 76.7 Å². The first-order valence-corrected chi connectivity index (χ1v) is 14.4. The van der Waals surface area contributed by atoms with Crippen molar-refractivity contribution in [2.45, 2.75) is 44.6 Å². The fraction of sp³-hybridized carbons (Fsp3) is 0.438. The van der Waals surface area contributed by atoms with Crippen molar-refractivity contribution in [2.24, 2.45) is 0 Å². The number of hydrogen-bond donors (Lipinski definition) is 0. The Hall–Kier alpha value is -3.42. The summed E-state index contributed by atoms with van der Waals surface area (Å²) in [6, 6.07) is 7.30. The van der Waals surface area contributed by atoms with Crippen LogP contribution in [0.5, 0.6) is 0 Å². The summed E-state index contributed by atoms with van der Waals surface area (Å²) in [6.45, 7) is 8.47. The summed E-state index contributed by atoms with van der Waals surface area (Å²) in [5.74, 6) is -0.620. The minimum Gasteiger partial charge on any atom is -0.378 e. The number of likely N-dealkylation sites (N-methyl/N-ethyl adjacent to an activating group) is 1. The molecular formula is C32H34ClF7N4O2. The molecule has 0 N–H and O–H groups in total. The van der Waals surface area contributed by atoms with Gasteiger partial charge in [0.2, 0.25) is 5.91 Å². The van der Waals surface area contributed by atoms with Crippen molar-refractivity contribution >= 4 is 29.8 Å². The highest BCUT2D eigenvalue weighted by molar-refractivity contribution is 6.03. The van der Waals surface area contributed by atoms with Crippen LogP contribution in [-0.4, -0.2) is 68.3 Å². The predicted molar refractivity (Wildman–Crippen MR) is 163 cm³/mol. The van der Waals surface area contributed by atoms with Gasteiger partial charge < -0.3 is 14.5 Å². The summed E-state index contributed by atoms with van der Waals surface area (Å²) >= 11 is 0. The first-order chi connectivity index (χ1) is 21.0. The summed E-state index contributed by atoms with van der Waals surface area (Å²) < 4.78 is 102. The van der Waals surface area contributed by atoms with Gasteiger partial charge in [-0.2, -0.15) is 26.3 Å². The molecule has 0 spiro atoms. The molecule has 3 aromatic rings. The Kier molecular flexibility index (Phi) is 10.0. The molecule has 2 aromatic carbocycles. The molecule has 14 heteroatoms. The number of fused-ring (bicyclic) bond motifs is 1. The van der Waals surface area contributed by atoms with E-state index in [1.165, 1.54) is 44.1 Å². The molecular weight excluding hydrogens is 641 g/mol. The number of aromatic nitrogens is 1. The number of alkyl halides is 6. The smallest absolute Gasteiger partial charge is 0.378 e. The molecule has 0 saturated carbocycles. The number of rotatable bonds is 5. The second-order valence-electron chi connectivity index (χ2n) is 12.0. The quantitative estimate of drug-likeness (QED) is 0.270. The van der Waals surface area contributed by atoms with Gasteiger partial charge >= 0.3 is 12.4 Å². The summed E-state index contributed by atoms with van der Waals surface area (Å²) in [7, 11) is 1.39. The molecule has 2 fully saturated rings. The average molecular weight is 675 g/mol. The number of aryl methyl sites for hydroxylation is 1. The molecule has 3 heterocycles. The standard InChI is InChI=1S/C32H33F7N4O2.ClH/c1-19-11-23(33)5-6-25(19)26-15-28(43-8-7-42-9-10-45-18-24(42)17-43)40-16-27(26)41(4)29(44)30(2,3)20-12-21(31(34,35)36)14-22(13-20)32(37,38)39;/h5-6,11-16,24H,7-10,17-18H2,1-4H3;1H. The predicted octanol–water partition coefficient (Wildman–Crippen LogP) is 7.12. The Morgan fingerprint density at radius 2 is 1.54 bits per heavy atom. The van der Waals surface area contributed by atoms with E-state index in [0.717, 1.165) is 13.1 Å². The van der Waals surface area contributed by atoms with Gasteiger partial charge in [0.25, 0.3) is 0 Å². The van der Waals surface area contributed by atoms with E-state index in [4.69, 9.17) is 4.74 Å². The normalized spacial score (nSPS) is 17.7. The van der Waals surface area contributed by atoms with Gasteiger partial charge in [-0.15, -0.1) is 12.4 Å². The van der Waals surface area contributed by atoms with E-state index in [9.17, 15) is 35.5 Å². The fourth-order valence-corrected chi connectivity index (χ4v) is 5.94. The largest absolute Gasteiger partial charge is 0.416 e. The van der Waals surface area contributed by atoms with Crippen molar-refractivity contribution in [1.82, 2.24) is 9.88 Å². The minimum absolute atomic E-state index is 0. The molecule has 2 aliphatic heterocycles. The molecule has 1 atom stereocenters. The number of carbonyl (C=O) groups excluding carboxylic acids is 1. The van der Waals surface area contributed by atoms with E-state index < -0.39 is 46.2 Å². The lowest BCUT2D eigenvalue weighted by Gasteiger charge is -2.44. The number of hydrogen-bond acceptors (Lipinski definition) is 5. The third-order valence-corrected chi connectivity index (χ3v) is 8.62. The number of piperazine rings is 1. The van der Waals surface area contributed by atoms with Crippen LogP contribution < -0.4 is 9.80 Å². The van der Waals surface area contributed by atoms with Crippen LogP contribution in [0.1, 0.15) is 36.1 Å². The first kappa shape index (κ1) is 35.4. The Bertz CT molecular complexity index is 1560. The number of morpholine rings is 1. The van der Waals surface area contributed by atoms with Gasteiger partial charge in [0.15, 0.2) is 0 Å². The summed E-state index contributed by atoms with van der Waals surface area (Å²) in [4.78, 5) is 24.2.